The molecular formula is C31H25ClN2O2. The summed E-state index contributed by atoms with van der Waals surface area (Å²) >= 11 is 6.10. The number of aryl methyl sites for hydroxylation is 2. The zero-order chi connectivity index (χ0) is 25.1. The zero-order valence-electron chi connectivity index (χ0n) is 20.1. The highest BCUT2D eigenvalue weighted by atomic mass is 35.5. The lowest BCUT2D eigenvalue weighted by Crippen LogP contribution is -2.07. The molecule has 5 aromatic rings. The zero-order valence-corrected chi connectivity index (χ0v) is 20.9. The smallest absolute Gasteiger partial charge is 0.343 e. The summed E-state index contributed by atoms with van der Waals surface area (Å²) < 4.78 is 8.12. The number of ether oxygens (including phenoxy) is 1. The molecule has 4 aromatic carbocycles. The van der Waals surface area contributed by atoms with Crippen LogP contribution in [0.4, 0.5) is 0 Å². The molecule has 36 heavy (non-hydrogen) atoms. The maximum absolute atomic E-state index is 13.1. The third kappa shape index (κ3) is 5.24. The number of hydrogen-bond acceptors (Lipinski definition) is 3. The Bertz CT molecular complexity index is 1580. The molecule has 0 saturated carbocycles. The minimum atomic E-state index is -0.410. The first-order chi connectivity index (χ1) is 17.5. The lowest BCUT2D eigenvalue weighted by molar-refractivity contribution is 0.0693. The quantitative estimate of drug-likeness (QED) is 0.180. The van der Waals surface area contributed by atoms with Crippen molar-refractivity contribution in [1.29, 1.82) is 0 Å². The van der Waals surface area contributed by atoms with Crippen molar-refractivity contribution in [2.45, 2.75) is 20.4 Å². The monoisotopic (exact) mass is 492 g/mol. The van der Waals surface area contributed by atoms with Crippen LogP contribution in [0.25, 0.3) is 22.9 Å². The van der Waals surface area contributed by atoms with E-state index in [0.29, 0.717) is 28.7 Å². The van der Waals surface area contributed by atoms with Crippen molar-refractivity contribution in [1.82, 2.24) is 9.55 Å². The van der Waals surface area contributed by atoms with E-state index in [2.05, 4.69) is 4.57 Å². The first-order valence-electron chi connectivity index (χ1n) is 11.7. The van der Waals surface area contributed by atoms with Crippen molar-refractivity contribution in [3.8, 4) is 0 Å². The van der Waals surface area contributed by atoms with Crippen LogP contribution in [0, 0.1) is 13.8 Å². The normalized spacial score (nSPS) is 11.6. The summed E-state index contributed by atoms with van der Waals surface area (Å²) in [4.78, 5) is 18.0. The molecule has 0 fully saturated rings. The average Bonchev–Trinajstić information content (AvgIpc) is 3.21. The number of benzene rings is 4. The van der Waals surface area contributed by atoms with E-state index in [-0.39, 0.29) is 0 Å². The van der Waals surface area contributed by atoms with Gasteiger partial charge in [0.15, 0.2) is 0 Å². The van der Waals surface area contributed by atoms with Crippen LogP contribution >= 0.6 is 11.6 Å². The number of halogens is 1. The number of esters is 1. The molecule has 1 heterocycles. The molecule has 0 saturated heterocycles. The van der Waals surface area contributed by atoms with Crippen LogP contribution in [0.2, 0.25) is 5.02 Å². The van der Waals surface area contributed by atoms with Crippen LogP contribution in [-0.2, 0) is 11.3 Å². The molecule has 0 aliphatic rings. The van der Waals surface area contributed by atoms with Gasteiger partial charge in [0, 0.05) is 23.2 Å². The van der Waals surface area contributed by atoms with Gasteiger partial charge in [-0.25, -0.2) is 9.78 Å². The Kier molecular flexibility index (Phi) is 6.70. The maximum atomic E-state index is 13.1. The van der Waals surface area contributed by atoms with E-state index < -0.39 is 5.97 Å². The van der Waals surface area contributed by atoms with Crippen LogP contribution in [-0.4, -0.2) is 15.5 Å². The number of rotatable bonds is 6. The fourth-order valence-electron chi connectivity index (χ4n) is 4.16. The van der Waals surface area contributed by atoms with Gasteiger partial charge >= 0.3 is 5.97 Å². The van der Waals surface area contributed by atoms with Crippen LogP contribution in [0.1, 0.15) is 38.4 Å². The van der Waals surface area contributed by atoms with Crippen molar-refractivity contribution in [3.05, 3.63) is 136 Å². The van der Waals surface area contributed by atoms with Gasteiger partial charge in [0.25, 0.3) is 0 Å². The summed E-state index contributed by atoms with van der Waals surface area (Å²) in [6, 6.07) is 31.1. The molecular weight excluding hydrogens is 468 g/mol. The van der Waals surface area contributed by atoms with Crippen LogP contribution in [0.15, 0.2) is 97.1 Å². The Morgan fingerprint density at radius 1 is 0.861 bits per heavy atom. The molecule has 0 bridgehead atoms. The van der Waals surface area contributed by atoms with Crippen LogP contribution in [0.5, 0.6) is 0 Å². The van der Waals surface area contributed by atoms with Gasteiger partial charge in [0.2, 0.25) is 0 Å². The fourth-order valence-corrected chi connectivity index (χ4v) is 4.29. The summed E-state index contributed by atoms with van der Waals surface area (Å²) in [7, 11) is 0. The minimum absolute atomic E-state index is 0.410. The van der Waals surface area contributed by atoms with Crippen molar-refractivity contribution >= 4 is 40.4 Å². The minimum Gasteiger partial charge on any atom is -0.422 e. The molecule has 178 valence electrons. The lowest BCUT2D eigenvalue weighted by atomic mass is 10.1. The topological polar surface area (TPSA) is 44.1 Å². The van der Waals surface area contributed by atoms with Crippen molar-refractivity contribution in [2.24, 2.45) is 0 Å². The van der Waals surface area contributed by atoms with Gasteiger partial charge in [0.05, 0.1) is 16.6 Å². The van der Waals surface area contributed by atoms with Crippen molar-refractivity contribution in [3.63, 3.8) is 0 Å². The third-order valence-corrected chi connectivity index (χ3v) is 6.21. The Morgan fingerprint density at radius 2 is 1.53 bits per heavy atom. The van der Waals surface area contributed by atoms with Crippen molar-refractivity contribution < 1.29 is 9.53 Å². The largest absolute Gasteiger partial charge is 0.422 e. The van der Waals surface area contributed by atoms with Crippen LogP contribution in [0.3, 0.4) is 0 Å². The molecule has 0 radical (unpaired) electrons. The van der Waals surface area contributed by atoms with Gasteiger partial charge in [0.1, 0.15) is 11.6 Å². The molecule has 1 aromatic heterocycles. The highest BCUT2D eigenvalue weighted by Gasteiger charge is 2.16. The molecule has 5 heteroatoms. The second kappa shape index (κ2) is 10.2. The molecule has 0 spiro atoms. The number of imidazole rings is 1. The Balaban J connectivity index is 1.61. The molecule has 0 aliphatic heterocycles. The predicted octanol–water partition coefficient (Wildman–Crippen LogP) is 7.71. The van der Waals surface area contributed by atoms with E-state index in [1.165, 1.54) is 0 Å². The highest BCUT2D eigenvalue weighted by Crippen LogP contribution is 2.26. The summed E-state index contributed by atoms with van der Waals surface area (Å²) in [6.07, 6.45) is 1.85. The molecule has 4 nitrogen and oxygen atoms in total. The summed E-state index contributed by atoms with van der Waals surface area (Å²) in [5.41, 5.74) is 6.32. The van der Waals surface area contributed by atoms with Crippen molar-refractivity contribution in [2.75, 3.05) is 0 Å². The molecule has 5 rings (SSSR count). The standard InChI is InChI=1S/C31H25ClN2O2/c1-21-7-5-9-24(17-21)29(36-31(35)25-10-6-8-22(2)18-25)19-30-33-27-11-3-4-12-28(27)34(30)20-23-13-15-26(32)16-14-23/h3-19H,20H2,1-2H3. The second-order valence-electron chi connectivity index (χ2n) is 8.81. The fraction of sp³-hybridized carbons (Fsp3) is 0.0968. The average molecular weight is 493 g/mol. The SMILES string of the molecule is Cc1cccc(C(=O)OC(=Cc2nc3ccccc3n2Cc2ccc(Cl)cc2)c2cccc(C)c2)c1. The van der Waals surface area contributed by atoms with E-state index in [0.717, 1.165) is 33.3 Å². The van der Waals surface area contributed by atoms with Crippen LogP contribution < -0.4 is 0 Å². The lowest BCUT2D eigenvalue weighted by Gasteiger charge is -2.12. The molecule has 0 atom stereocenters. The van der Waals surface area contributed by atoms with E-state index >= 15 is 0 Å². The number of para-hydroxylation sites is 2. The number of hydrogen-bond donors (Lipinski definition) is 0. The maximum Gasteiger partial charge on any atom is 0.343 e. The number of fused-ring (bicyclic) bond motifs is 1. The van der Waals surface area contributed by atoms with Gasteiger partial charge in [-0.15, -0.1) is 0 Å². The van der Waals surface area contributed by atoms with Gasteiger partial charge in [-0.2, -0.15) is 0 Å². The number of nitrogens with zero attached hydrogens (tertiary/aromatic N) is 2. The Hall–Kier alpha value is -4.15. The molecule has 0 amide bonds. The number of aromatic nitrogens is 2. The third-order valence-electron chi connectivity index (χ3n) is 5.96. The predicted molar refractivity (Wildman–Crippen MR) is 146 cm³/mol. The summed E-state index contributed by atoms with van der Waals surface area (Å²) in [6.45, 7) is 4.56. The Labute approximate surface area is 215 Å². The highest BCUT2D eigenvalue weighted by molar-refractivity contribution is 6.30. The molecule has 0 unspecified atom stereocenters. The van der Waals surface area contributed by atoms with E-state index in [1.807, 2.05) is 111 Å². The Morgan fingerprint density at radius 3 is 2.25 bits per heavy atom. The van der Waals surface area contributed by atoms with Gasteiger partial charge < -0.3 is 9.30 Å². The van der Waals surface area contributed by atoms with Gasteiger partial charge in [-0.3, -0.25) is 0 Å². The first kappa shape index (κ1) is 23.6. The molecule has 0 aliphatic carbocycles. The van der Waals surface area contributed by atoms with E-state index in [9.17, 15) is 4.79 Å². The molecule has 0 N–H and O–H groups in total. The summed E-state index contributed by atoms with van der Waals surface area (Å²) in [5, 5.41) is 0.694. The first-order valence-corrected chi connectivity index (χ1v) is 12.1. The van der Waals surface area contributed by atoms with Gasteiger partial charge in [-0.1, -0.05) is 77.3 Å². The summed E-state index contributed by atoms with van der Waals surface area (Å²) in [5.74, 6) is 0.726. The number of carbonyl (C=O) groups excluding carboxylic acids is 1. The van der Waals surface area contributed by atoms with E-state index in [4.69, 9.17) is 21.3 Å². The van der Waals surface area contributed by atoms with E-state index in [1.54, 1.807) is 6.07 Å². The second-order valence-corrected chi connectivity index (χ2v) is 9.24. The number of carbonyl (C=O) groups is 1. The van der Waals surface area contributed by atoms with Gasteiger partial charge in [-0.05, 0) is 61.9 Å².